The van der Waals surface area contributed by atoms with Crippen molar-refractivity contribution < 1.29 is 14.3 Å². The molecule has 0 aromatic rings. The number of nitrogens with zero attached hydrogens (tertiary/aromatic N) is 2. The number of rotatable bonds is 8. The average Bonchev–Trinajstić information content (AvgIpc) is 2.93. The first-order chi connectivity index (χ1) is 10.6. The summed E-state index contributed by atoms with van der Waals surface area (Å²) in [6.45, 7) is 4.59. The van der Waals surface area contributed by atoms with Gasteiger partial charge in [-0.2, -0.15) is 5.26 Å². The monoisotopic (exact) mass is 304 g/mol. The van der Waals surface area contributed by atoms with Gasteiger partial charge in [-0.3, -0.25) is 0 Å². The van der Waals surface area contributed by atoms with Crippen molar-refractivity contribution in [3.8, 4) is 6.07 Å². The molecule has 0 spiro atoms. The Hall–Kier alpha value is -2.22. The maximum absolute atomic E-state index is 11.9. The van der Waals surface area contributed by atoms with E-state index >= 15 is 0 Å². The standard InChI is InChI=1S/C17H24N2O3/c1-4-6-7-14(5-2)13-22-17(20)15(12-18)8-9-16-19(3)10-11-21-16/h8-11,14H,4-7,13H2,1-3H3/b15-8+,16-9?. The Morgan fingerprint density at radius 1 is 1.55 bits per heavy atom. The molecular formula is C17H24N2O3. The molecule has 0 aliphatic carbocycles. The van der Waals surface area contributed by atoms with Crippen molar-refractivity contribution in [1.29, 1.82) is 5.26 Å². The predicted octanol–water partition coefficient (Wildman–Crippen LogP) is 3.47. The second kappa shape index (κ2) is 9.67. The number of unbranched alkanes of at least 4 members (excludes halogenated alkanes) is 1. The lowest BCUT2D eigenvalue weighted by atomic mass is 10.0. The van der Waals surface area contributed by atoms with Crippen molar-refractivity contribution in [3.05, 3.63) is 36.1 Å². The molecule has 0 N–H and O–H groups in total. The lowest BCUT2D eigenvalue weighted by Gasteiger charge is -2.14. The summed E-state index contributed by atoms with van der Waals surface area (Å²) in [7, 11) is 1.81. The Kier molecular flexibility index (Phi) is 7.84. The molecule has 1 unspecified atom stereocenters. The highest BCUT2D eigenvalue weighted by atomic mass is 16.5. The van der Waals surface area contributed by atoms with Gasteiger partial charge >= 0.3 is 5.97 Å². The minimum Gasteiger partial charge on any atom is -0.461 e. The molecule has 1 heterocycles. The van der Waals surface area contributed by atoms with E-state index < -0.39 is 5.97 Å². The van der Waals surface area contributed by atoms with E-state index in [0.717, 1.165) is 25.7 Å². The van der Waals surface area contributed by atoms with E-state index in [0.29, 0.717) is 18.4 Å². The third kappa shape index (κ3) is 5.65. The molecule has 1 aliphatic rings. The van der Waals surface area contributed by atoms with E-state index in [1.165, 1.54) is 12.3 Å². The van der Waals surface area contributed by atoms with Crippen LogP contribution >= 0.6 is 0 Å². The quantitative estimate of drug-likeness (QED) is 0.390. The summed E-state index contributed by atoms with van der Waals surface area (Å²) in [5.41, 5.74) is -0.0262. The Labute approximate surface area is 132 Å². The van der Waals surface area contributed by atoms with Gasteiger partial charge in [-0.15, -0.1) is 0 Å². The van der Waals surface area contributed by atoms with Crippen LogP contribution in [0.15, 0.2) is 36.1 Å². The van der Waals surface area contributed by atoms with Gasteiger partial charge in [0.05, 0.1) is 6.61 Å². The van der Waals surface area contributed by atoms with E-state index in [2.05, 4.69) is 13.8 Å². The van der Waals surface area contributed by atoms with Crippen LogP contribution in [0.3, 0.4) is 0 Å². The maximum Gasteiger partial charge on any atom is 0.348 e. The molecule has 0 saturated carbocycles. The van der Waals surface area contributed by atoms with Crippen molar-refractivity contribution in [2.45, 2.75) is 39.5 Å². The second-order valence-electron chi connectivity index (χ2n) is 5.23. The van der Waals surface area contributed by atoms with Gasteiger partial charge in [-0.25, -0.2) is 4.79 Å². The molecule has 22 heavy (non-hydrogen) atoms. The number of carbonyl (C=O) groups excluding carboxylic acids is 1. The highest BCUT2D eigenvalue weighted by Crippen LogP contribution is 2.15. The highest BCUT2D eigenvalue weighted by Gasteiger charge is 2.14. The van der Waals surface area contributed by atoms with Crippen LogP contribution in [0, 0.1) is 17.2 Å². The predicted molar refractivity (Wildman–Crippen MR) is 84.0 cm³/mol. The van der Waals surface area contributed by atoms with Gasteiger partial charge in [-0.1, -0.05) is 33.1 Å². The summed E-state index contributed by atoms with van der Waals surface area (Å²) >= 11 is 0. The van der Waals surface area contributed by atoms with E-state index in [1.807, 2.05) is 13.1 Å². The van der Waals surface area contributed by atoms with Gasteiger partial charge in [0.2, 0.25) is 0 Å². The fourth-order valence-electron chi connectivity index (χ4n) is 1.98. The van der Waals surface area contributed by atoms with Crippen LogP contribution in [-0.2, 0) is 14.3 Å². The van der Waals surface area contributed by atoms with E-state index in [-0.39, 0.29) is 5.57 Å². The second-order valence-corrected chi connectivity index (χ2v) is 5.23. The third-order valence-electron chi connectivity index (χ3n) is 3.55. The molecule has 0 aromatic heterocycles. The van der Waals surface area contributed by atoms with E-state index in [9.17, 15) is 4.79 Å². The normalized spacial score (nSPS) is 17.3. The summed E-state index contributed by atoms with van der Waals surface area (Å²) in [4.78, 5) is 13.7. The third-order valence-corrected chi connectivity index (χ3v) is 3.55. The van der Waals surface area contributed by atoms with Crippen LogP contribution in [0.5, 0.6) is 0 Å². The number of carbonyl (C=O) groups is 1. The topological polar surface area (TPSA) is 62.6 Å². The van der Waals surface area contributed by atoms with Gasteiger partial charge in [0.1, 0.15) is 17.9 Å². The molecule has 0 radical (unpaired) electrons. The van der Waals surface area contributed by atoms with Crippen LogP contribution < -0.4 is 0 Å². The molecular weight excluding hydrogens is 280 g/mol. The molecule has 1 aliphatic heterocycles. The van der Waals surface area contributed by atoms with Gasteiger partial charge in [0.25, 0.3) is 0 Å². The Morgan fingerprint density at radius 2 is 2.32 bits per heavy atom. The largest absolute Gasteiger partial charge is 0.461 e. The number of hydrogen-bond donors (Lipinski definition) is 0. The van der Waals surface area contributed by atoms with Gasteiger partial charge in [0, 0.05) is 19.3 Å². The van der Waals surface area contributed by atoms with Crippen molar-refractivity contribution in [1.82, 2.24) is 4.90 Å². The molecule has 0 saturated heterocycles. The summed E-state index contributed by atoms with van der Waals surface area (Å²) in [6.07, 6.45) is 10.5. The first-order valence-electron chi connectivity index (χ1n) is 7.67. The summed E-state index contributed by atoms with van der Waals surface area (Å²) in [6, 6.07) is 1.87. The van der Waals surface area contributed by atoms with E-state index in [4.69, 9.17) is 14.7 Å². The van der Waals surface area contributed by atoms with Gasteiger partial charge in [0.15, 0.2) is 5.88 Å². The SMILES string of the molecule is CCCCC(CC)COC(=O)/C(C#N)=C/C=C1OC=CN1C. The Bertz CT molecular complexity index is 501. The maximum atomic E-state index is 11.9. The van der Waals surface area contributed by atoms with Crippen molar-refractivity contribution >= 4 is 5.97 Å². The lowest BCUT2D eigenvalue weighted by Crippen LogP contribution is -2.15. The summed E-state index contributed by atoms with van der Waals surface area (Å²) in [5, 5.41) is 9.08. The minimum absolute atomic E-state index is 0.0262. The van der Waals surface area contributed by atoms with Gasteiger partial charge < -0.3 is 14.4 Å². The van der Waals surface area contributed by atoms with Crippen molar-refractivity contribution in [3.63, 3.8) is 0 Å². The Morgan fingerprint density at radius 3 is 2.86 bits per heavy atom. The molecule has 5 heteroatoms. The molecule has 120 valence electrons. The molecule has 0 amide bonds. The zero-order valence-corrected chi connectivity index (χ0v) is 13.5. The molecule has 0 aromatic carbocycles. The zero-order chi connectivity index (χ0) is 16.4. The van der Waals surface area contributed by atoms with E-state index in [1.54, 1.807) is 17.2 Å². The first-order valence-corrected chi connectivity index (χ1v) is 7.67. The smallest absolute Gasteiger partial charge is 0.348 e. The minimum atomic E-state index is -0.581. The Balaban J connectivity index is 2.56. The lowest BCUT2D eigenvalue weighted by molar-refractivity contribution is -0.140. The van der Waals surface area contributed by atoms with Crippen LogP contribution in [0.25, 0.3) is 0 Å². The van der Waals surface area contributed by atoms with Crippen LogP contribution in [-0.4, -0.2) is 24.5 Å². The zero-order valence-electron chi connectivity index (χ0n) is 13.5. The molecule has 5 nitrogen and oxygen atoms in total. The average molecular weight is 304 g/mol. The molecule has 1 atom stereocenters. The highest BCUT2D eigenvalue weighted by molar-refractivity contribution is 5.93. The number of hydrogen-bond acceptors (Lipinski definition) is 5. The molecule has 0 bridgehead atoms. The summed E-state index contributed by atoms with van der Waals surface area (Å²) in [5.74, 6) is 0.327. The molecule has 1 rings (SSSR count). The van der Waals surface area contributed by atoms with Crippen molar-refractivity contribution in [2.75, 3.05) is 13.7 Å². The summed E-state index contributed by atoms with van der Waals surface area (Å²) < 4.78 is 10.5. The van der Waals surface area contributed by atoms with Crippen LogP contribution in [0.1, 0.15) is 39.5 Å². The number of ether oxygens (including phenoxy) is 2. The van der Waals surface area contributed by atoms with Crippen LogP contribution in [0.2, 0.25) is 0 Å². The molecule has 0 fully saturated rings. The number of nitriles is 1. The van der Waals surface area contributed by atoms with Gasteiger partial charge in [-0.05, 0) is 18.4 Å². The fourth-order valence-corrected chi connectivity index (χ4v) is 1.98. The van der Waals surface area contributed by atoms with Crippen LogP contribution in [0.4, 0.5) is 0 Å². The number of allylic oxidation sites excluding steroid dienone is 2. The van der Waals surface area contributed by atoms with Crippen molar-refractivity contribution in [2.24, 2.45) is 5.92 Å². The fraction of sp³-hybridized carbons (Fsp3) is 0.529. The first kappa shape index (κ1) is 17.8. The number of esters is 1.